The van der Waals surface area contributed by atoms with Gasteiger partial charge in [0.15, 0.2) is 31.2 Å². The van der Waals surface area contributed by atoms with Crippen molar-refractivity contribution >= 4 is 88.9 Å². The maximum atomic E-state index is 14.4. The van der Waals surface area contributed by atoms with Gasteiger partial charge >= 0.3 is 36.2 Å². The highest BCUT2D eigenvalue weighted by atomic mass is 32.1. The van der Waals surface area contributed by atoms with Gasteiger partial charge in [-0.25, -0.2) is 38.7 Å². The molecule has 4 aromatic rings. The number of nitrogens with one attached hydrogen (secondary N) is 3. The molecule has 4 heterocycles. The predicted molar refractivity (Wildman–Crippen MR) is 319 cm³/mol. The molecule has 3 aromatic heterocycles. The minimum atomic E-state index is -2.38. The number of benzene rings is 1. The van der Waals surface area contributed by atoms with Gasteiger partial charge in [-0.2, -0.15) is 4.68 Å². The molecule has 0 radical (unpaired) electrons. The van der Waals surface area contributed by atoms with Crippen molar-refractivity contribution in [1.82, 2.24) is 20.0 Å². The number of ketones is 1. The van der Waals surface area contributed by atoms with Crippen LogP contribution in [0.3, 0.4) is 0 Å². The average Bonchev–Trinajstić information content (AvgIpc) is 2.22. The summed E-state index contributed by atoms with van der Waals surface area (Å²) in [6, 6.07) is 5.57. The number of oxime groups is 1. The first-order valence-electron chi connectivity index (χ1n) is 27.4. The molecule has 1 aliphatic rings. The van der Waals surface area contributed by atoms with Crippen LogP contribution in [0.25, 0.3) is 21.6 Å². The fourth-order valence-electron chi connectivity index (χ4n) is 7.64. The summed E-state index contributed by atoms with van der Waals surface area (Å²) < 4.78 is 44.6. The third-order valence-electron chi connectivity index (χ3n) is 12.5. The van der Waals surface area contributed by atoms with Crippen LogP contribution in [0, 0.1) is 0 Å². The minimum Gasteiger partial charge on any atom is -0.485 e. The monoisotopic (exact) mass is 1240 g/mol. The molecule has 1 aromatic carbocycles. The van der Waals surface area contributed by atoms with Crippen LogP contribution in [0.1, 0.15) is 145 Å². The van der Waals surface area contributed by atoms with Crippen molar-refractivity contribution in [2.75, 3.05) is 23.7 Å². The molecule has 0 spiro atoms. The normalized spacial score (nSPS) is 15.1. The van der Waals surface area contributed by atoms with Crippen molar-refractivity contribution in [1.29, 1.82) is 0 Å². The number of thiazole rings is 2. The molecule has 5 rings (SSSR count). The largest absolute Gasteiger partial charge is 0.485 e. The number of fused-ring (bicyclic) bond motifs is 1. The molecule has 3 atom stereocenters. The van der Waals surface area contributed by atoms with E-state index in [0.29, 0.717) is 31.7 Å². The summed E-state index contributed by atoms with van der Waals surface area (Å²) in [5, 5.41) is 17.7. The number of ether oxygens (including phenoxy) is 6. The molecule has 0 fully saturated rings. The number of Topliss-reactive ketones (excluding diaryl/α,β-unsaturated/α-hetero) is 1. The first-order chi connectivity index (χ1) is 39.1. The predicted octanol–water partition coefficient (Wildman–Crippen LogP) is 10.8. The Morgan fingerprint density at radius 3 is 1.92 bits per heavy atom. The van der Waals surface area contributed by atoms with Gasteiger partial charge < -0.3 is 43.0 Å². The second-order valence-corrected chi connectivity index (χ2v) is 32.1. The standard InChI is InChI=1S/C56H79N11O15S2Si/c1-51(2,3)77-45(71)56(16,82-64-41(37-31-83-46(60-37)62-49(73)79-53(7,8)9)43(69)76-44(70)42(68)38-32-84-47(61-38)63-50(74)80-54(10,11)12)40-23-21-34-26-33(20-22-39(34)75-40)35-28-66(25-19-24-59-65-57)67(29-35)30-36(81-85(17,18)55(13,14)15)27-58-48(72)78-52(4,5)6/h20,22,26,28-29,31-32,36,40H,19,21,23-25,27,30H2,1-18H3,(H2-,58,60,61,62,63,72,73,74)/p+1/b64-41-/t36-,40+,56-/m0/s1. The number of aryl methyl sites for hydroxylation is 2. The summed E-state index contributed by atoms with van der Waals surface area (Å²) in [6.07, 6.45) is 1.07. The van der Waals surface area contributed by atoms with E-state index < -0.39 is 102 Å². The Kier molecular flexibility index (Phi) is 21.9. The fraction of sp³-hybridized carbons (Fsp3) is 0.589. The lowest BCUT2D eigenvalue weighted by Crippen LogP contribution is -2.54. The molecule has 3 amide bonds. The topological polar surface area (TPSA) is 325 Å². The Morgan fingerprint density at radius 2 is 1.35 bits per heavy atom. The Balaban J connectivity index is 1.48. The molecule has 0 saturated carbocycles. The quantitative estimate of drug-likeness (QED) is 0.00557. The number of hydrogen-bond donors (Lipinski definition) is 3. The van der Waals surface area contributed by atoms with Crippen LogP contribution in [0.15, 0.2) is 51.6 Å². The zero-order chi connectivity index (χ0) is 63.7. The highest BCUT2D eigenvalue weighted by Crippen LogP contribution is 2.39. The Hall–Kier alpha value is -7.46. The second kappa shape index (κ2) is 27.3. The summed E-state index contributed by atoms with van der Waals surface area (Å²) >= 11 is 1.64. The molecule has 85 heavy (non-hydrogen) atoms. The lowest BCUT2D eigenvalue weighted by Gasteiger charge is -2.39. The van der Waals surface area contributed by atoms with Gasteiger partial charge in [0, 0.05) is 35.2 Å². The summed E-state index contributed by atoms with van der Waals surface area (Å²) in [7, 11) is -2.38. The van der Waals surface area contributed by atoms with E-state index in [-0.39, 0.29) is 40.5 Å². The molecule has 3 N–H and O–H groups in total. The SMILES string of the molecule is CC(C)(C)OC(=O)NC[C@@H](Cn1cc(-c2ccc3c(c2)CC[C@H]([C@](C)(O/N=C(\C(=O)OC(=O)C(=O)c2csc(NC(=O)OC(C)(C)C)n2)c2csc(NC(=O)OC(C)(C)C)n2)C(=O)OC(C)(C)C)O3)c[n+]1CCCN=[N+]=[N-])O[Si](C)(C)C(C)(C)C. The van der Waals surface area contributed by atoms with Gasteiger partial charge in [-0.3, -0.25) is 15.4 Å². The van der Waals surface area contributed by atoms with Crippen LogP contribution < -0.4 is 25.4 Å². The third kappa shape index (κ3) is 20.6. The number of rotatable bonds is 21. The molecule has 464 valence electrons. The van der Waals surface area contributed by atoms with Crippen molar-refractivity contribution in [2.24, 2.45) is 10.3 Å². The number of amides is 3. The molecule has 1 aliphatic heterocycles. The van der Waals surface area contributed by atoms with Crippen molar-refractivity contribution in [3.05, 3.63) is 68.7 Å². The third-order valence-corrected chi connectivity index (χ3v) is 18.5. The van der Waals surface area contributed by atoms with E-state index in [4.69, 9.17) is 43.2 Å². The first kappa shape index (κ1) is 68.3. The number of carbonyl (C=O) groups is 7. The van der Waals surface area contributed by atoms with Crippen LogP contribution in [0.4, 0.5) is 24.6 Å². The maximum absolute atomic E-state index is 14.4. The molecular formula is C56H80N11O15S2Si+. The lowest BCUT2D eigenvalue weighted by atomic mass is 9.89. The summed E-state index contributed by atoms with van der Waals surface area (Å²) in [5.74, 6) is -5.16. The van der Waals surface area contributed by atoms with E-state index in [1.807, 2.05) is 33.9 Å². The zero-order valence-electron chi connectivity index (χ0n) is 51.7. The van der Waals surface area contributed by atoms with Gasteiger partial charge in [-0.1, -0.05) is 37.1 Å². The molecule has 0 saturated heterocycles. The van der Waals surface area contributed by atoms with Crippen LogP contribution in [-0.2, 0) is 66.8 Å². The maximum Gasteiger partial charge on any atom is 0.413 e. The highest BCUT2D eigenvalue weighted by molar-refractivity contribution is 7.14. The number of nitrogens with zero attached hydrogens (tertiary/aromatic N) is 8. The van der Waals surface area contributed by atoms with Crippen molar-refractivity contribution < 1.29 is 75.9 Å². The molecular weight excluding hydrogens is 1160 g/mol. The van der Waals surface area contributed by atoms with Crippen LogP contribution in [0.5, 0.6) is 5.75 Å². The molecule has 0 bridgehead atoms. The number of aromatic nitrogens is 4. The highest BCUT2D eigenvalue weighted by Gasteiger charge is 2.51. The molecule has 26 nitrogen and oxygen atoms in total. The van der Waals surface area contributed by atoms with Gasteiger partial charge in [-0.15, -0.1) is 27.4 Å². The number of hydrogen-bond acceptors (Lipinski definition) is 21. The van der Waals surface area contributed by atoms with E-state index in [9.17, 15) is 33.6 Å². The van der Waals surface area contributed by atoms with Gasteiger partial charge in [0.2, 0.25) is 11.9 Å². The average molecular weight is 1240 g/mol. The minimum absolute atomic E-state index is 0.0784. The van der Waals surface area contributed by atoms with E-state index in [0.717, 1.165) is 44.7 Å². The van der Waals surface area contributed by atoms with Gasteiger partial charge in [0.1, 0.15) is 46.1 Å². The number of carbonyl (C=O) groups excluding carboxylic acids is 7. The summed E-state index contributed by atoms with van der Waals surface area (Å²) in [6.45, 7) is 33.6. The van der Waals surface area contributed by atoms with Gasteiger partial charge in [-0.05, 0) is 150 Å². The van der Waals surface area contributed by atoms with E-state index in [1.54, 1.807) is 89.2 Å². The summed E-state index contributed by atoms with van der Waals surface area (Å²) in [5.41, 5.74) is 4.20. The van der Waals surface area contributed by atoms with E-state index in [1.165, 1.54) is 12.3 Å². The van der Waals surface area contributed by atoms with Gasteiger partial charge in [0.25, 0.3) is 11.4 Å². The van der Waals surface area contributed by atoms with E-state index >= 15 is 0 Å². The van der Waals surface area contributed by atoms with Crippen molar-refractivity contribution in [3.63, 3.8) is 0 Å². The molecule has 0 aliphatic carbocycles. The van der Waals surface area contributed by atoms with Crippen molar-refractivity contribution in [3.8, 4) is 16.9 Å². The van der Waals surface area contributed by atoms with Crippen LogP contribution in [0.2, 0.25) is 18.1 Å². The number of esters is 3. The lowest BCUT2D eigenvalue weighted by molar-refractivity contribution is -0.775. The summed E-state index contributed by atoms with van der Waals surface area (Å²) in [4.78, 5) is 110. The molecule has 0 unspecified atom stereocenters. The number of azide groups is 1. The number of anilines is 2. The fourth-order valence-corrected chi connectivity index (χ4v) is 10.3. The molecule has 29 heteroatoms. The number of alkyl carbamates (subject to hydrolysis) is 1. The van der Waals surface area contributed by atoms with Crippen molar-refractivity contribution in [2.45, 2.75) is 201 Å². The zero-order valence-corrected chi connectivity index (χ0v) is 54.3. The van der Waals surface area contributed by atoms with E-state index in [2.05, 4.69) is 75.0 Å². The van der Waals surface area contributed by atoms with Crippen LogP contribution in [-0.4, -0.2) is 124 Å². The Bertz CT molecular complexity index is 3190. The Morgan fingerprint density at radius 1 is 0.788 bits per heavy atom. The second-order valence-electron chi connectivity index (χ2n) is 25.6. The smallest absolute Gasteiger partial charge is 0.413 e. The Labute approximate surface area is 503 Å². The first-order valence-corrected chi connectivity index (χ1v) is 32.1. The van der Waals surface area contributed by atoms with Gasteiger partial charge in [0.05, 0.1) is 17.9 Å². The van der Waals surface area contributed by atoms with Crippen LogP contribution >= 0.6 is 22.7 Å².